The number of aliphatic carboxylic acids is 1. The van der Waals surface area contributed by atoms with Gasteiger partial charge in [0.25, 0.3) is 5.91 Å². The Kier molecular flexibility index (Phi) is 6.12. The summed E-state index contributed by atoms with van der Waals surface area (Å²) in [5.74, 6) is -1.67. The largest absolute Gasteiger partial charge is 0.480 e. The van der Waals surface area contributed by atoms with Crippen LogP contribution in [0.1, 0.15) is 33.1 Å². The van der Waals surface area contributed by atoms with Crippen molar-refractivity contribution in [2.24, 2.45) is 7.05 Å². The van der Waals surface area contributed by atoms with E-state index in [-0.39, 0.29) is 24.8 Å². The van der Waals surface area contributed by atoms with Gasteiger partial charge in [-0.15, -0.1) is 0 Å². The highest BCUT2D eigenvalue weighted by Crippen LogP contribution is 2.44. The van der Waals surface area contributed by atoms with Gasteiger partial charge in [0, 0.05) is 25.6 Å². The molecule has 1 aliphatic carbocycles. The third-order valence-electron chi connectivity index (χ3n) is 5.70. The molecule has 33 heavy (non-hydrogen) atoms. The second-order valence-corrected chi connectivity index (χ2v) is 7.88. The number of benzene rings is 2. The highest BCUT2D eigenvalue weighted by Gasteiger charge is 2.29. The van der Waals surface area contributed by atoms with E-state index in [1.165, 1.54) is 17.9 Å². The van der Waals surface area contributed by atoms with Crippen molar-refractivity contribution in [3.63, 3.8) is 0 Å². The van der Waals surface area contributed by atoms with E-state index in [0.717, 1.165) is 27.2 Å². The topological polar surface area (TPSA) is 114 Å². The number of carbonyl (C=O) groups excluding carboxylic acids is 2. The highest BCUT2D eigenvalue weighted by atomic mass is 16.5. The Hall–Kier alpha value is -4.14. The lowest BCUT2D eigenvalue weighted by Gasteiger charge is -2.16. The number of ether oxygens (including phenoxy) is 1. The van der Waals surface area contributed by atoms with Gasteiger partial charge in [-0.3, -0.25) is 14.3 Å². The van der Waals surface area contributed by atoms with E-state index in [1.54, 1.807) is 7.05 Å². The zero-order valence-corrected chi connectivity index (χ0v) is 18.3. The number of rotatable bonds is 7. The number of carboxylic acids is 1. The molecule has 3 aromatic rings. The summed E-state index contributed by atoms with van der Waals surface area (Å²) in [6, 6.07) is 16.1. The fourth-order valence-electron chi connectivity index (χ4n) is 4.16. The second kappa shape index (κ2) is 9.15. The van der Waals surface area contributed by atoms with Gasteiger partial charge in [-0.25, -0.2) is 4.79 Å². The molecule has 9 heteroatoms. The van der Waals surface area contributed by atoms with E-state index in [0.29, 0.717) is 5.56 Å². The van der Waals surface area contributed by atoms with Crippen LogP contribution in [0.2, 0.25) is 0 Å². The lowest BCUT2D eigenvalue weighted by molar-refractivity contribution is -0.137. The molecule has 2 aromatic carbocycles. The number of amides is 2. The van der Waals surface area contributed by atoms with Crippen LogP contribution in [0.5, 0.6) is 0 Å². The maximum absolute atomic E-state index is 12.6. The Labute approximate surface area is 190 Å². The lowest BCUT2D eigenvalue weighted by atomic mass is 9.98. The van der Waals surface area contributed by atoms with E-state index < -0.39 is 24.5 Å². The van der Waals surface area contributed by atoms with Gasteiger partial charge >= 0.3 is 12.1 Å². The summed E-state index contributed by atoms with van der Waals surface area (Å²) in [7, 11) is 2.98. The Morgan fingerprint density at radius 2 is 1.70 bits per heavy atom. The van der Waals surface area contributed by atoms with Gasteiger partial charge in [-0.2, -0.15) is 5.10 Å². The van der Waals surface area contributed by atoms with E-state index in [9.17, 15) is 14.4 Å². The smallest absolute Gasteiger partial charge is 0.407 e. The predicted molar refractivity (Wildman–Crippen MR) is 120 cm³/mol. The van der Waals surface area contributed by atoms with Gasteiger partial charge in [0.1, 0.15) is 18.8 Å². The number of fused-ring (bicyclic) bond motifs is 3. The molecule has 1 aromatic heterocycles. The van der Waals surface area contributed by atoms with Crippen LogP contribution in [0.15, 0.2) is 54.7 Å². The van der Waals surface area contributed by atoms with Crippen molar-refractivity contribution >= 4 is 18.0 Å². The Bertz CT molecular complexity index is 1170. The average Bonchev–Trinajstić information content (AvgIpc) is 3.33. The summed E-state index contributed by atoms with van der Waals surface area (Å²) in [5, 5.41) is 15.7. The number of alkyl carbamates (subject to hydrolysis) is 1. The highest BCUT2D eigenvalue weighted by molar-refractivity contribution is 5.95. The monoisotopic (exact) mass is 448 g/mol. The molecule has 0 bridgehead atoms. The maximum atomic E-state index is 12.6. The van der Waals surface area contributed by atoms with Crippen molar-refractivity contribution in [3.8, 4) is 11.1 Å². The van der Waals surface area contributed by atoms with Crippen molar-refractivity contribution in [2.75, 3.05) is 20.2 Å². The van der Waals surface area contributed by atoms with Crippen LogP contribution in [-0.2, 0) is 23.1 Å². The summed E-state index contributed by atoms with van der Waals surface area (Å²) in [6.07, 6.45) is 0.851. The lowest BCUT2D eigenvalue weighted by Crippen LogP contribution is -2.34. The summed E-state index contributed by atoms with van der Waals surface area (Å²) in [5.41, 5.74) is 5.20. The molecule has 0 unspecified atom stereocenters. The number of aromatic nitrogens is 2. The summed E-state index contributed by atoms with van der Waals surface area (Å²) < 4.78 is 6.87. The Morgan fingerprint density at radius 1 is 1.09 bits per heavy atom. The van der Waals surface area contributed by atoms with Crippen LogP contribution >= 0.6 is 0 Å². The third-order valence-corrected chi connectivity index (χ3v) is 5.70. The Balaban J connectivity index is 1.40. The molecule has 4 rings (SSSR count). The standard InChI is InChI=1S/C24H24N4O5/c1-27(13-21(29)30)23(31)22-15(12-26-28(22)2)11-25-24(32)33-14-20-18-9-5-3-7-16(18)17-8-4-6-10-19(17)20/h3-10,12,20H,11,13-14H2,1-2H3,(H,25,32)(H,29,30). The molecule has 170 valence electrons. The molecule has 0 spiro atoms. The number of carboxylic acid groups (broad SMARTS) is 1. The molecule has 2 N–H and O–H groups in total. The van der Waals surface area contributed by atoms with Crippen molar-refractivity contribution in [2.45, 2.75) is 12.5 Å². The molecule has 0 saturated heterocycles. The van der Waals surface area contributed by atoms with Crippen LogP contribution in [0.3, 0.4) is 0 Å². The Morgan fingerprint density at radius 3 is 2.30 bits per heavy atom. The molecule has 9 nitrogen and oxygen atoms in total. The number of nitrogens with one attached hydrogen (secondary N) is 1. The van der Waals surface area contributed by atoms with Crippen molar-refractivity contribution in [3.05, 3.63) is 77.1 Å². The van der Waals surface area contributed by atoms with E-state index in [4.69, 9.17) is 9.84 Å². The summed E-state index contributed by atoms with van der Waals surface area (Å²) in [4.78, 5) is 37.0. The molecule has 0 saturated carbocycles. The minimum Gasteiger partial charge on any atom is -0.480 e. The van der Waals surface area contributed by atoms with Gasteiger partial charge in [0.15, 0.2) is 0 Å². The van der Waals surface area contributed by atoms with Crippen LogP contribution in [0.4, 0.5) is 4.79 Å². The fourth-order valence-corrected chi connectivity index (χ4v) is 4.16. The molecule has 1 aliphatic rings. The molecule has 0 radical (unpaired) electrons. The predicted octanol–water partition coefficient (Wildman–Crippen LogP) is 2.62. The van der Waals surface area contributed by atoms with E-state index >= 15 is 0 Å². The zero-order chi connectivity index (χ0) is 23.5. The molecular weight excluding hydrogens is 424 g/mol. The average molecular weight is 448 g/mol. The number of carbonyl (C=O) groups is 3. The SMILES string of the molecule is CN(CC(=O)O)C(=O)c1c(CNC(=O)OCC2c3ccccc3-c3ccccc32)cnn1C. The van der Waals surface area contributed by atoms with Crippen molar-refractivity contribution in [1.29, 1.82) is 0 Å². The first kappa shape index (κ1) is 22.1. The van der Waals surface area contributed by atoms with E-state index in [2.05, 4.69) is 22.5 Å². The minimum atomic E-state index is -1.12. The van der Waals surface area contributed by atoms with Gasteiger partial charge in [0.2, 0.25) is 0 Å². The molecule has 1 heterocycles. The number of hydrogen-bond donors (Lipinski definition) is 2. The molecule has 0 aliphatic heterocycles. The van der Waals surface area contributed by atoms with Crippen LogP contribution < -0.4 is 5.32 Å². The maximum Gasteiger partial charge on any atom is 0.407 e. The van der Waals surface area contributed by atoms with Gasteiger partial charge in [-0.1, -0.05) is 48.5 Å². The third kappa shape index (κ3) is 4.43. The number of hydrogen-bond acceptors (Lipinski definition) is 5. The van der Waals surface area contributed by atoms with Gasteiger partial charge in [-0.05, 0) is 22.3 Å². The van der Waals surface area contributed by atoms with Gasteiger partial charge < -0.3 is 20.1 Å². The number of aryl methyl sites for hydroxylation is 1. The molecular formula is C24H24N4O5. The second-order valence-electron chi connectivity index (χ2n) is 7.88. The first-order valence-corrected chi connectivity index (χ1v) is 10.4. The molecule has 2 amide bonds. The van der Waals surface area contributed by atoms with Crippen LogP contribution in [0.25, 0.3) is 11.1 Å². The first-order valence-electron chi connectivity index (χ1n) is 10.4. The summed E-state index contributed by atoms with van der Waals surface area (Å²) in [6.45, 7) is -0.240. The molecule has 0 fully saturated rings. The minimum absolute atomic E-state index is 0.0203. The summed E-state index contributed by atoms with van der Waals surface area (Å²) >= 11 is 0. The van der Waals surface area contributed by atoms with Gasteiger partial charge in [0.05, 0.1) is 12.7 Å². The fraction of sp³-hybridized carbons (Fsp3) is 0.250. The molecule has 0 atom stereocenters. The van der Waals surface area contributed by atoms with Crippen LogP contribution in [-0.4, -0.2) is 58.0 Å². The van der Waals surface area contributed by atoms with Crippen LogP contribution in [0, 0.1) is 0 Å². The number of nitrogens with zero attached hydrogens (tertiary/aromatic N) is 3. The van der Waals surface area contributed by atoms with Crippen molar-refractivity contribution in [1.82, 2.24) is 20.0 Å². The number of likely N-dealkylation sites (N-methyl/N-ethyl adjacent to an activating group) is 1. The van der Waals surface area contributed by atoms with Crippen molar-refractivity contribution < 1.29 is 24.2 Å². The first-order chi connectivity index (χ1) is 15.9. The zero-order valence-electron chi connectivity index (χ0n) is 18.3. The normalized spacial score (nSPS) is 12.1. The van der Waals surface area contributed by atoms with E-state index in [1.807, 2.05) is 36.4 Å². The quantitative estimate of drug-likeness (QED) is 0.574.